The Morgan fingerprint density at radius 1 is 1.31 bits per heavy atom. The van der Waals surface area contributed by atoms with Crippen LogP contribution in [0.15, 0.2) is 40.9 Å². The second-order valence-electron chi connectivity index (χ2n) is 6.57. The number of benzene rings is 1. The first-order chi connectivity index (χ1) is 13.9. The first-order valence-electron chi connectivity index (χ1n) is 9.08. The molecule has 152 valence electrons. The predicted octanol–water partition coefficient (Wildman–Crippen LogP) is 4.79. The number of nitrogens with zero attached hydrogens (tertiary/aromatic N) is 4. The van der Waals surface area contributed by atoms with E-state index in [2.05, 4.69) is 47.7 Å². The van der Waals surface area contributed by atoms with Gasteiger partial charge in [0.2, 0.25) is 5.91 Å². The molecule has 3 rings (SSSR count). The number of carbonyl (C=O) groups is 1. The summed E-state index contributed by atoms with van der Waals surface area (Å²) in [6.45, 7) is 6.23. The van der Waals surface area contributed by atoms with Crippen LogP contribution in [0.3, 0.4) is 0 Å². The van der Waals surface area contributed by atoms with Gasteiger partial charge in [-0.15, -0.1) is 21.5 Å². The summed E-state index contributed by atoms with van der Waals surface area (Å²) in [6.07, 6.45) is 0.977. The van der Waals surface area contributed by atoms with Gasteiger partial charge in [-0.05, 0) is 38.5 Å². The number of carbonyl (C=O) groups excluding carboxylic acids is 1. The zero-order valence-electron chi connectivity index (χ0n) is 16.3. The molecule has 0 saturated carbocycles. The highest BCUT2D eigenvalue weighted by molar-refractivity contribution is 7.99. The summed E-state index contributed by atoms with van der Waals surface area (Å²) in [6, 6.07) is 8.01. The fraction of sp³-hybridized carbons (Fsp3) is 0.316. The van der Waals surface area contributed by atoms with Crippen LogP contribution in [0.5, 0.6) is 0 Å². The Morgan fingerprint density at radius 2 is 2.03 bits per heavy atom. The molecule has 0 radical (unpaired) electrons. The number of aryl methyl sites for hydroxylation is 1. The number of nitrogens with one attached hydrogen (secondary N) is 1. The number of aromatic nitrogens is 3. The molecule has 2 heterocycles. The maximum atomic E-state index is 12.3. The number of nitro benzene ring substituents is 1. The summed E-state index contributed by atoms with van der Waals surface area (Å²) in [5, 5.41) is 24.8. The third-order valence-corrected chi connectivity index (χ3v) is 6.16. The van der Waals surface area contributed by atoms with Gasteiger partial charge in [-0.3, -0.25) is 19.5 Å². The zero-order chi connectivity index (χ0) is 21.0. The molecule has 29 heavy (non-hydrogen) atoms. The molecule has 10 heteroatoms. The van der Waals surface area contributed by atoms with Crippen molar-refractivity contribution < 1.29 is 9.72 Å². The van der Waals surface area contributed by atoms with E-state index >= 15 is 0 Å². The first-order valence-corrected chi connectivity index (χ1v) is 10.9. The van der Waals surface area contributed by atoms with Crippen molar-refractivity contribution in [2.75, 3.05) is 11.1 Å². The number of thiophene rings is 1. The van der Waals surface area contributed by atoms with Gasteiger partial charge in [0.25, 0.3) is 5.69 Å². The lowest BCUT2D eigenvalue weighted by atomic mass is 10.2. The number of hydrogen-bond acceptors (Lipinski definition) is 7. The molecule has 2 aromatic heterocycles. The number of amides is 1. The maximum Gasteiger partial charge on any atom is 0.269 e. The molecule has 0 atom stereocenters. The van der Waals surface area contributed by atoms with Gasteiger partial charge in [0, 0.05) is 39.7 Å². The minimum absolute atomic E-state index is 0.0189. The Labute approximate surface area is 176 Å². The molecular formula is C19H21N5O3S2. The van der Waals surface area contributed by atoms with Crippen LogP contribution in [0.25, 0.3) is 11.4 Å². The molecule has 0 aliphatic carbocycles. The van der Waals surface area contributed by atoms with E-state index in [4.69, 9.17) is 0 Å². The average molecular weight is 432 g/mol. The highest BCUT2D eigenvalue weighted by atomic mass is 32.2. The van der Waals surface area contributed by atoms with Gasteiger partial charge >= 0.3 is 0 Å². The Kier molecular flexibility index (Phi) is 6.65. The number of anilines is 1. The minimum atomic E-state index is -0.477. The number of nitro groups is 1. The quantitative estimate of drug-likeness (QED) is 0.312. The molecule has 0 aliphatic rings. The molecule has 1 aromatic carbocycles. The second-order valence-corrected chi connectivity index (χ2v) is 8.50. The Morgan fingerprint density at radius 3 is 2.62 bits per heavy atom. The van der Waals surface area contributed by atoms with E-state index < -0.39 is 4.92 Å². The van der Waals surface area contributed by atoms with Gasteiger partial charge in [-0.2, -0.15) is 0 Å². The van der Waals surface area contributed by atoms with E-state index in [1.807, 2.05) is 4.57 Å². The van der Waals surface area contributed by atoms with E-state index in [1.165, 1.54) is 40.9 Å². The lowest BCUT2D eigenvalue weighted by Gasteiger charge is -2.13. The van der Waals surface area contributed by atoms with Crippen molar-refractivity contribution in [3.05, 3.63) is 50.7 Å². The summed E-state index contributed by atoms with van der Waals surface area (Å²) >= 11 is 3.01. The fourth-order valence-electron chi connectivity index (χ4n) is 2.71. The highest BCUT2D eigenvalue weighted by Crippen LogP contribution is 2.30. The average Bonchev–Trinajstić information content (AvgIpc) is 3.33. The van der Waals surface area contributed by atoms with Crippen molar-refractivity contribution in [2.24, 2.45) is 0 Å². The van der Waals surface area contributed by atoms with Crippen LogP contribution in [-0.4, -0.2) is 31.3 Å². The lowest BCUT2D eigenvalue weighted by molar-refractivity contribution is -0.384. The van der Waals surface area contributed by atoms with E-state index in [0.29, 0.717) is 10.8 Å². The predicted molar refractivity (Wildman–Crippen MR) is 116 cm³/mol. The van der Waals surface area contributed by atoms with E-state index in [1.54, 1.807) is 11.3 Å². The maximum absolute atomic E-state index is 12.3. The van der Waals surface area contributed by atoms with Crippen molar-refractivity contribution in [3.63, 3.8) is 0 Å². The topological polar surface area (TPSA) is 103 Å². The standard InChI is InChI=1S/C19H21N5O3S2/c1-4-16-9-13(10-28-16)18-21-22-19(23(18)12(2)3)29-11-17(25)20-14-5-7-15(8-6-14)24(26)27/h5-10,12H,4,11H2,1-3H3,(H,20,25). The molecule has 1 N–H and O–H groups in total. The zero-order valence-corrected chi connectivity index (χ0v) is 17.9. The molecule has 0 saturated heterocycles. The van der Waals surface area contributed by atoms with Crippen LogP contribution in [0.1, 0.15) is 31.7 Å². The van der Waals surface area contributed by atoms with Crippen LogP contribution in [0, 0.1) is 10.1 Å². The summed E-state index contributed by atoms with van der Waals surface area (Å²) in [5.74, 6) is 0.743. The lowest BCUT2D eigenvalue weighted by Crippen LogP contribution is -2.15. The van der Waals surface area contributed by atoms with Crippen LogP contribution < -0.4 is 5.32 Å². The molecule has 0 spiro atoms. The van der Waals surface area contributed by atoms with Gasteiger partial charge < -0.3 is 5.32 Å². The molecule has 0 bridgehead atoms. The van der Waals surface area contributed by atoms with Gasteiger partial charge in [-0.25, -0.2) is 0 Å². The third-order valence-electron chi connectivity index (χ3n) is 4.14. The fourth-order valence-corrected chi connectivity index (χ4v) is 4.40. The monoisotopic (exact) mass is 431 g/mol. The molecule has 3 aromatic rings. The normalized spacial score (nSPS) is 11.0. The molecule has 0 fully saturated rings. The number of thioether (sulfide) groups is 1. The SMILES string of the molecule is CCc1cc(-c2nnc(SCC(=O)Nc3ccc([N+](=O)[O-])cc3)n2C(C)C)cs1. The highest BCUT2D eigenvalue weighted by Gasteiger charge is 2.19. The largest absolute Gasteiger partial charge is 0.325 e. The number of hydrogen-bond donors (Lipinski definition) is 1. The summed E-state index contributed by atoms with van der Waals surface area (Å²) in [4.78, 5) is 23.8. The Balaban J connectivity index is 1.68. The van der Waals surface area contributed by atoms with E-state index in [-0.39, 0.29) is 23.4 Å². The molecule has 1 amide bonds. The van der Waals surface area contributed by atoms with Crippen LogP contribution >= 0.6 is 23.1 Å². The second kappa shape index (κ2) is 9.19. The number of non-ortho nitro benzene ring substituents is 1. The van der Waals surface area contributed by atoms with Crippen molar-refractivity contribution in [3.8, 4) is 11.4 Å². The van der Waals surface area contributed by atoms with E-state index in [0.717, 1.165) is 17.8 Å². The van der Waals surface area contributed by atoms with Gasteiger partial charge in [0.15, 0.2) is 11.0 Å². The minimum Gasteiger partial charge on any atom is -0.325 e. The van der Waals surface area contributed by atoms with E-state index in [9.17, 15) is 14.9 Å². The van der Waals surface area contributed by atoms with Gasteiger partial charge in [0.05, 0.1) is 10.7 Å². The number of rotatable bonds is 8. The summed E-state index contributed by atoms with van der Waals surface area (Å²) in [5.41, 5.74) is 1.53. The molecule has 0 unspecified atom stereocenters. The van der Waals surface area contributed by atoms with Crippen LogP contribution in [0.2, 0.25) is 0 Å². The van der Waals surface area contributed by atoms with Crippen molar-refractivity contribution >= 4 is 40.4 Å². The third kappa shape index (κ3) is 5.01. The first kappa shape index (κ1) is 21.0. The van der Waals surface area contributed by atoms with Crippen LogP contribution in [0.4, 0.5) is 11.4 Å². The van der Waals surface area contributed by atoms with Gasteiger partial charge in [0.1, 0.15) is 0 Å². The van der Waals surface area contributed by atoms with Crippen LogP contribution in [-0.2, 0) is 11.2 Å². The van der Waals surface area contributed by atoms with Crippen molar-refractivity contribution in [1.82, 2.24) is 14.8 Å². The Hall–Kier alpha value is -2.72. The summed E-state index contributed by atoms with van der Waals surface area (Å²) < 4.78 is 2.03. The summed E-state index contributed by atoms with van der Waals surface area (Å²) in [7, 11) is 0. The van der Waals surface area contributed by atoms with Crippen molar-refractivity contribution in [2.45, 2.75) is 38.4 Å². The van der Waals surface area contributed by atoms with Crippen molar-refractivity contribution in [1.29, 1.82) is 0 Å². The smallest absolute Gasteiger partial charge is 0.269 e. The molecular weight excluding hydrogens is 410 g/mol. The molecule has 0 aliphatic heterocycles. The Bertz CT molecular complexity index is 1010. The molecule has 8 nitrogen and oxygen atoms in total. The van der Waals surface area contributed by atoms with Gasteiger partial charge in [-0.1, -0.05) is 18.7 Å².